The molecule has 0 spiro atoms. The van der Waals surface area contributed by atoms with E-state index in [1.807, 2.05) is 12.1 Å². The number of allylic oxidation sites excluding steroid dienone is 2. The highest BCUT2D eigenvalue weighted by molar-refractivity contribution is 7.80. The summed E-state index contributed by atoms with van der Waals surface area (Å²) in [7, 11) is 1.72. The van der Waals surface area contributed by atoms with Gasteiger partial charge < -0.3 is 9.15 Å². The van der Waals surface area contributed by atoms with E-state index in [-0.39, 0.29) is 5.78 Å². The molecule has 3 nitrogen and oxygen atoms in total. The SMILES string of the molecule is COCCC1CCC(c2ccco2)=CC(=O)CCCC1=S. The zero-order valence-electron chi connectivity index (χ0n) is 12.5. The molecule has 1 atom stereocenters. The Hall–Kier alpha value is -1.26. The highest BCUT2D eigenvalue weighted by Gasteiger charge is 2.18. The summed E-state index contributed by atoms with van der Waals surface area (Å²) in [5.41, 5.74) is 0.983. The van der Waals surface area contributed by atoms with E-state index in [1.54, 1.807) is 19.4 Å². The minimum Gasteiger partial charge on any atom is -0.465 e. The van der Waals surface area contributed by atoms with Gasteiger partial charge in [0, 0.05) is 20.1 Å². The lowest BCUT2D eigenvalue weighted by Gasteiger charge is -2.19. The number of methoxy groups -OCH3 is 1. The van der Waals surface area contributed by atoms with E-state index in [2.05, 4.69) is 0 Å². The monoisotopic (exact) mass is 306 g/mol. The fourth-order valence-electron chi connectivity index (χ4n) is 2.69. The van der Waals surface area contributed by atoms with Gasteiger partial charge in [0.15, 0.2) is 5.78 Å². The molecule has 0 N–H and O–H groups in total. The maximum absolute atomic E-state index is 12.0. The molecule has 1 aromatic heterocycles. The number of thiocarbonyl (C=S) groups is 1. The molecule has 0 radical (unpaired) electrons. The van der Waals surface area contributed by atoms with Gasteiger partial charge in [0.05, 0.1) is 6.26 Å². The van der Waals surface area contributed by atoms with Crippen LogP contribution in [0, 0.1) is 5.92 Å². The molecule has 1 aliphatic rings. The van der Waals surface area contributed by atoms with Gasteiger partial charge in [-0.3, -0.25) is 4.79 Å². The predicted molar refractivity (Wildman–Crippen MR) is 87.4 cm³/mol. The highest BCUT2D eigenvalue weighted by atomic mass is 32.1. The Labute approximate surface area is 131 Å². The third-order valence-electron chi connectivity index (χ3n) is 3.91. The third-order valence-corrected chi connectivity index (χ3v) is 4.44. The van der Waals surface area contributed by atoms with Gasteiger partial charge in [-0.05, 0) is 66.7 Å². The van der Waals surface area contributed by atoms with E-state index in [1.165, 1.54) is 0 Å². The van der Waals surface area contributed by atoms with Crippen LogP contribution in [0.1, 0.15) is 44.3 Å². The molecule has 21 heavy (non-hydrogen) atoms. The quantitative estimate of drug-likeness (QED) is 0.781. The second-order valence-corrected chi connectivity index (χ2v) is 5.97. The largest absolute Gasteiger partial charge is 0.465 e. The number of rotatable bonds is 4. The summed E-state index contributed by atoms with van der Waals surface area (Å²) in [6.45, 7) is 0.726. The van der Waals surface area contributed by atoms with Gasteiger partial charge in [-0.25, -0.2) is 0 Å². The van der Waals surface area contributed by atoms with Crippen molar-refractivity contribution < 1.29 is 13.9 Å². The molecule has 0 amide bonds. The molecular formula is C17H22O3S. The molecule has 0 saturated heterocycles. The summed E-state index contributed by atoms with van der Waals surface area (Å²) in [5.74, 6) is 1.34. The molecule has 4 heteroatoms. The summed E-state index contributed by atoms with van der Waals surface area (Å²) in [6, 6.07) is 3.76. The minimum absolute atomic E-state index is 0.166. The molecule has 0 aliphatic heterocycles. The number of hydrogen-bond donors (Lipinski definition) is 0. The number of hydrogen-bond acceptors (Lipinski definition) is 4. The Kier molecular flexibility index (Phi) is 6.33. The summed E-state index contributed by atoms with van der Waals surface area (Å²) in [4.78, 5) is 13.1. The molecule has 2 rings (SSSR count). The molecule has 114 valence electrons. The van der Waals surface area contributed by atoms with Crippen molar-refractivity contribution >= 4 is 28.4 Å². The Bertz CT molecular complexity index is 502. The van der Waals surface area contributed by atoms with Gasteiger partial charge in [-0.1, -0.05) is 12.2 Å². The first-order chi connectivity index (χ1) is 10.2. The Morgan fingerprint density at radius 2 is 2.24 bits per heavy atom. The van der Waals surface area contributed by atoms with Crippen molar-refractivity contribution in [1.29, 1.82) is 0 Å². The lowest BCUT2D eigenvalue weighted by Crippen LogP contribution is -2.16. The number of ether oxygens (including phenoxy) is 1. The van der Waals surface area contributed by atoms with Crippen LogP contribution in [0.25, 0.3) is 5.57 Å². The average Bonchev–Trinajstić information content (AvgIpc) is 2.99. The predicted octanol–water partition coefficient (Wildman–Crippen LogP) is 4.22. The van der Waals surface area contributed by atoms with Crippen LogP contribution in [0.5, 0.6) is 0 Å². The Balaban J connectivity index is 2.14. The van der Waals surface area contributed by atoms with Crippen molar-refractivity contribution in [2.45, 2.75) is 38.5 Å². The summed E-state index contributed by atoms with van der Waals surface area (Å²) in [5, 5.41) is 0. The minimum atomic E-state index is 0.166. The van der Waals surface area contributed by atoms with Gasteiger partial charge in [0.2, 0.25) is 0 Å². The van der Waals surface area contributed by atoms with Gasteiger partial charge in [0.25, 0.3) is 0 Å². The van der Waals surface area contributed by atoms with Crippen LogP contribution in [-0.2, 0) is 9.53 Å². The fraction of sp³-hybridized carbons (Fsp3) is 0.529. The zero-order chi connectivity index (χ0) is 15.1. The first-order valence-corrected chi connectivity index (χ1v) is 7.90. The van der Waals surface area contributed by atoms with Crippen molar-refractivity contribution in [1.82, 2.24) is 0 Å². The van der Waals surface area contributed by atoms with Crippen LogP contribution >= 0.6 is 12.2 Å². The van der Waals surface area contributed by atoms with E-state index in [0.29, 0.717) is 12.3 Å². The van der Waals surface area contributed by atoms with Crippen molar-refractivity contribution in [2.24, 2.45) is 5.92 Å². The number of ketones is 1. The molecule has 1 aromatic rings. The van der Waals surface area contributed by atoms with Gasteiger partial charge in [-0.2, -0.15) is 0 Å². The average molecular weight is 306 g/mol. The maximum Gasteiger partial charge on any atom is 0.156 e. The number of furan rings is 1. The van der Waals surface area contributed by atoms with Crippen LogP contribution in [0.15, 0.2) is 28.9 Å². The highest BCUT2D eigenvalue weighted by Crippen LogP contribution is 2.27. The second-order valence-electron chi connectivity index (χ2n) is 5.45. The van der Waals surface area contributed by atoms with Gasteiger partial charge in [-0.15, -0.1) is 0 Å². The van der Waals surface area contributed by atoms with Crippen LogP contribution in [-0.4, -0.2) is 24.4 Å². The summed E-state index contributed by atoms with van der Waals surface area (Å²) < 4.78 is 10.6. The molecule has 1 heterocycles. The number of carbonyl (C=O) groups excluding carboxylic acids is 1. The standard InChI is InChI=1S/C17H22O3S/c1-19-11-9-13-7-8-14(16-5-3-10-20-16)12-15(18)4-2-6-17(13)21/h3,5,10,12-13H,2,4,6-9,11H2,1H3. The molecule has 0 saturated carbocycles. The lowest BCUT2D eigenvalue weighted by molar-refractivity contribution is -0.114. The van der Waals surface area contributed by atoms with Gasteiger partial charge in [0.1, 0.15) is 5.76 Å². The Morgan fingerprint density at radius 1 is 1.38 bits per heavy atom. The first-order valence-electron chi connectivity index (χ1n) is 7.49. The van der Waals surface area contributed by atoms with E-state index in [9.17, 15) is 4.79 Å². The smallest absolute Gasteiger partial charge is 0.156 e. The molecule has 0 bridgehead atoms. The van der Waals surface area contributed by atoms with Crippen LogP contribution in [0.4, 0.5) is 0 Å². The molecule has 1 aliphatic carbocycles. The van der Waals surface area contributed by atoms with Gasteiger partial charge >= 0.3 is 0 Å². The topological polar surface area (TPSA) is 39.4 Å². The van der Waals surface area contributed by atoms with Crippen LogP contribution in [0.2, 0.25) is 0 Å². The van der Waals surface area contributed by atoms with Crippen LogP contribution < -0.4 is 0 Å². The van der Waals surface area contributed by atoms with E-state index >= 15 is 0 Å². The van der Waals surface area contributed by atoms with Crippen molar-refractivity contribution in [3.05, 3.63) is 30.2 Å². The molecule has 1 unspecified atom stereocenters. The third kappa shape index (κ3) is 4.90. The van der Waals surface area contributed by atoms with Crippen molar-refractivity contribution in [2.75, 3.05) is 13.7 Å². The maximum atomic E-state index is 12.0. The fourth-order valence-corrected chi connectivity index (χ4v) is 3.07. The summed E-state index contributed by atoms with van der Waals surface area (Å²) in [6.07, 6.45) is 8.36. The van der Waals surface area contributed by atoms with Crippen LogP contribution in [0.3, 0.4) is 0 Å². The Morgan fingerprint density at radius 3 is 2.95 bits per heavy atom. The molecule has 0 aromatic carbocycles. The second kappa shape index (κ2) is 8.25. The van der Waals surface area contributed by atoms with E-state index < -0.39 is 0 Å². The first kappa shape index (κ1) is 16.1. The molecular weight excluding hydrogens is 284 g/mol. The van der Waals surface area contributed by atoms with E-state index in [4.69, 9.17) is 21.4 Å². The molecule has 0 fully saturated rings. The zero-order valence-corrected chi connectivity index (χ0v) is 13.3. The van der Waals surface area contributed by atoms with Crippen molar-refractivity contribution in [3.8, 4) is 0 Å². The number of carbonyl (C=O) groups is 1. The van der Waals surface area contributed by atoms with Crippen molar-refractivity contribution in [3.63, 3.8) is 0 Å². The normalized spacial score (nSPS) is 21.2. The lowest BCUT2D eigenvalue weighted by atomic mass is 9.88. The van der Waals surface area contributed by atoms with E-state index in [0.717, 1.165) is 54.9 Å². The summed E-state index contributed by atoms with van der Waals surface area (Å²) >= 11 is 5.56.